The predicted octanol–water partition coefficient (Wildman–Crippen LogP) is 3.65. The maximum absolute atomic E-state index is 6.07. The number of methoxy groups -OCH3 is 1. The molecule has 0 aromatic heterocycles. The third-order valence-corrected chi connectivity index (χ3v) is 4.20. The van der Waals surface area contributed by atoms with Crippen molar-refractivity contribution in [2.75, 3.05) is 38.8 Å². The molecule has 7 heteroatoms. The van der Waals surface area contributed by atoms with E-state index in [1.54, 1.807) is 7.11 Å². The van der Waals surface area contributed by atoms with Gasteiger partial charge in [-0.05, 0) is 50.7 Å². The first kappa shape index (κ1) is 21.8. The Morgan fingerprint density at radius 3 is 2.56 bits per heavy atom. The molecule has 0 heterocycles. The van der Waals surface area contributed by atoms with E-state index in [1.807, 2.05) is 32.0 Å². The number of benzene rings is 1. The second-order valence-electron chi connectivity index (χ2n) is 6.09. The molecule has 1 aliphatic rings. The topological polar surface area (TPSA) is 78.1 Å². The highest BCUT2D eigenvalue weighted by Crippen LogP contribution is 2.49. The van der Waals surface area contributed by atoms with Crippen molar-refractivity contribution < 1.29 is 14.2 Å². The second-order valence-corrected chi connectivity index (χ2v) is 6.09. The van der Waals surface area contributed by atoms with E-state index in [-0.39, 0.29) is 29.4 Å². The fourth-order valence-corrected chi connectivity index (χ4v) is 2.56. The zero-order chi connectivity index (χ0) is 17.4. The first-order valence-electron chi connectivity index (χ1n) is 8.58. The molecule has 1 aromatic carbocycles. The number of hydrogen-bond donors (Lipinski definition) is 2. The fraction of sp³-hybridized carbons (Fsp3) is 0.611. The normalized spacial score (nSPS) is 15.2. The molecule has 0 amide bonds. The van der Waals surface area contributed by atoms with Gasteiger partial charge in [0, 0.05) is 26.3 Å². The maximum atomic E-state index is 6.07. The number of guanidine groups is 1. The average Bonchev–Trinajstić information content (AvgIpc) is 3.34. The lowest BCUT2D eigenvalue weighted by atomic mass is 10.0. The third-order valence-electron chi connectivity index (χ3n) is 4.20. The summed E-state index contributed by atoms with van der Waals surface area (Å²) in [5, 5.41) is 3.14. The molecule has 2 rings (SSSR count). The van der Waals surface area contributed by atoms with Crippen LogP contribution >= 0.6 is 24.0 Å². The number of anilines is 1. The molecule has 6 nitrogen and oxygen atoms in total. The molecule has 1 saturated carbocycles. The zero-order valence-electron chi connectivity index (χ0n) is 15.3. The summed E-state index contributed by atoms with van der Waals surface area (Å²) >= 11 is 0. The minimum Gasteiger partial charge on any atom is -0.494 e. The van der Waals surface area contributed by atoms with Crippen molar-refractivity contribution in [3.05, 3.63) is 18.2 Å². The van der Waals surface area contributed by atoms with E-state index in [0.717, 1.165) is 36.8 Å². The number of rotatable bonds is 10. The Hall–Kier alpha value is -1.22. The molecule has 142 valence electrons. The lowest BCUT2D eigenvalue weighted by Gasteiger charge is -2.15. The average molecular weight is 463 g/mol. The van der Waals surface area contributed by atoms with Crippen LogP contribution in [0.3, 0.4) is 0 Å². The standard InChI is InChI=1S/C18H29N3O3.HI/c1-4-23-14-6-7-16(24-5-2)15(12-14)21-17(19)20-13-18(8-9-18)10-11-22-3;/h6-7,12H,4-5,8-11,13H2,1-3H3,(H3,19,20,21);1H. The molecule has 0 aliphatic heterocycles. The molecular weight excluding hydrogens is 433 g/mol. The van der Waals surface area contributed by atoms with E-state index in [4.69, 9.17) is 19.9 Å². The summed E-state index contributed by atoms with van der Waals surface area (Å²) in [4.78, 5) is 4.51. The molecule has 1 fully saturated rings. The van der Waals surface area contributed by atoms with E-state index in [1.165, 1.54) is 12.8 Å². The summed E-state index contributed by atoms with van der Waals surface area (Å²) in [5.41, 5.74) is 7.11. The van der Waals surface area contributed by atoms with Crippen LogP contribution in [0.5, 0.6) is 11.5 Å². The van der Waals surface area contributed by atoms with Gasteiger partial charge in [0.1, 0.15) is 11.5 Å². The SMILES string of the molecule is CCOc1ccc(OCC)c(NC(N)=NCC2(CCOC)CC2)c1.I. The summed E-state index contributed by atoms with van der Waals surface area (Å²) in [6.07, 6.45) is 3.42. The maximum Gasteiger partial charge on any atom is 0.193 e. The van der Waals surface area contributed by atoms with Crippen LogP contribution in [0.1, 0.15) is 33.1 Å². The van der Waals surface area contributed by atoms with Crippen LogP contribution in [0.15, 0.2) is 23.2 Å². The Kier molecular flexibility index (Phi) is 9.34. The Labute approximate surface area is 167 Å². The molecular formula is C18H30IN3O3. The van der Waals surface area contributed by atoms with E-state index in [2.05, 4.69) is 10.3 Å². The summed E-state index contributed by atoms with van der Waals surface area (Å²) in [6.45, 7) is 6.59. The Bertz CT molecular complexity index is 562. The number of halogens is 1. The highest BCUT2D eigenvalue weighted by molar-refractivity contribution is 14.0. The Balaban J connectivity index is 0.00000312. The van der Waals surface area contributed by atoms with Gasteiger partial charge in [-0.25, -0.2) is 0 Å². The van der Waals surface area contributed by atoms with Crippen LogP contribution in [0, 0.1) is 5.41 Å². The molecule has 0 bridgehead atoms. The number of ether oxygens (including phenoxy) is 3. The van der Waals surface area contributed by atoms with Crippen molar-refractivity contribution in [3.8, 4) is 11.5 Å². The quantitative estimate of drug-likeness (QED) is 0.315. The minimum absolute atomic E-state index is 0. The van der Waals surface area contributed by atoms with Crippen LogP contribution in [0.4, 0.5) is 5.69 Å². The van der Waals surface area contributed by atoms with Crippen LogP contribution in [-0.4, -0.2) is 39.4 Å². The van der Waals surface area contributed by atoms with E-state index < -0.39 is 0 Å². The number of hydrogen-bond acceptors (Lipinski definition) is 4. The van der Waals surface area contributed by atoms with Gasteiger partial charge in [0.25, 0.3) is 0 Å². The lowest BCUT2D eigenvalue weighted by Crippen LogP contribution is -2.24. The highest BCUT2D eigenvalue weighted by atomic mass is 127. The largest absolute Gasteiger partial charge is 0.494 e. The van der Waals surface area contributed by atoms with Gasteiger partial charge in [-0.15, -0.1) is 24.0 Å². The number of nitrogens with one attached hydrogen (secondary N) is 1. The minimum atomic E-state index is 0. The number of nitrogens with two attached hydrogens (primary N) is 1. The molecule has 0 atom stereocenters. The number of nitrogens with zero attached hydrogens (tertiary/aromatic N) is 1. The van der Waals surface area contributed by atoms with Gasteiger partial charge in [0.15, 0.2) is 5.96 Å². The predicted molar refractivity (Wildman–Crippen MR) is 112 cm³/mol. The molecule has 0 radical (unpaired) electrons. The van der Waals surface area contributed by atoms with E-state index >= 15 is 0 Å². The molecule has 25 heavy (non-hydrogen) atoms. The Morgan fingerprint density at radius 1 is 1.24 bits per heavy atom. The smallest absolute Gasteiger partial charge is 0.193 e. The van der Waals surface area contributed by atoms with Crippen LogP contribution < -0.4 is 20.5 Å². The molecule has 1 aliphatic carbocycles. The molecule has 0 spiro atoms. The van der Waals surface area contributed by atoms with E-state index in [0.29, 0.717) is 19.2 Å². The summed E-state index contributed by atoms with van der Waals surface area (Å²) in [5.74, 6) is 1.91. The van der Waals surface area contributed by atoms with Gasteiger partial charge in [-0.2, -0.15) is 0 Å². The second kappa shape index (κ2) is 10.7. The third kappa shape index (κ3) is 6.89. The van der Waals surface area contributed by atoms with Gasteiger partial charge in [-0.3, -0.25) is 4.99 Å². The van der Waals surface area contributed by atoms with Crippen LogP contribution in [0.2, 0.25) is 0 Å². The van der Waals surface area contributed by atoms with Gasteiger partial charge >= 0.3 is 0 Å². The van der Waals surface area contributed by atoms with Gasteiger partial charge in [0.05, 0.1) is 18.9 Å². The first-order chi connectivity index (χ1) is 11.6. The number of aliphatic imine (C=N–C) groups is 1. The van der Waals surface area contributed by atoms with Gasteiger partial charge in [0.2, 0.25) is 0 Å². The van der Waals surface area contributed by atoms with Crippen molar-refractivity contribution in [2.45, 2.75) is 33.1 Å². The molecule has 3 N–H and O–H groups in total. The summed E-state index contributed by atoms with van der Waals surface area (Å²) in [6, 6.07) is 5.65. The van der Waals surface area contributed by atoms with Crippen LogP contribution in [-0.2, 0) is 4.74 Å². The first-order valence-corrected chi connectivity index (χ1v) is 8.58. The van der Waals surface area contributed by atoms with Gasteiger partial charge < -0.3 is 25.3 Å². The highest BCUT2D eigenvalue weighted by Gasteiger charge is 2.41. The summed E-state index contributed by atoms with van der Waals surface area (Å²) < 4.78 is 16.3. The van der Waals surface area contributed by atoms with Crippen molar-refractivity contribution in [1.29, 1.82) is 0 Å². The zero-order valence-corrected chi connectivity index (χ0v) is 17.7. The van der Waals surface area contributed by atoms with E-state index in [9.17, 15) is 0 Å². The molecule has 0 saturated heterocycles. The van der Waals surface area contributed by atoms with Crippen molar-refractivity contribution >= 4 is 35.6 Å². The molecule has 1 aromatic rings. The van der Waals surface area contributed by atoms with Crippen molar-refractivity contribution in [1.82, 2.24) is 0 Å². The lowest BCUT2D eigenvalue weighted by molar-refractivity contribution is 0.174. The summed E-state index contributed by atoms with van der Waals surface area (Å²) in [7, 11) is 1.73. The molecule has 0 unspecified atom stereocenters. The van der Waals surface area contributed by atoms with Crippen molar-refractivity contribution in [3.63, 3.8) is 0 Å². The monoisotopic (exact) mass is 463 g/mol. The fourth-order valence-electron chi connectivity index (χ4n) is 2.56. The van der Waals surface area contributed by atoms with Crippen LogP contribution in [0.25, 0.3) is 0 Å². The van der Waals surface area contributed by atoms with Gasteiger partial charge in [-0.1, -0.05) is 0 Å². The Morgan fingerprint density at radius 2 is 1.96 bits per heavy atom. The van der Waals surface area contributed by atoms with Crippen molar-refractivity contribution in [2.24, 2.45) is 16.1 Å².